The van der Waals surface area contributed by atoms with Gasteiger partial charge >= 0.3 is 0 Å². The van der Waals surface area contributed by atoms with Crippen LogP contribution in [0.4, 0.5) is 0 Å². The van der Waals surface area contributed by atoms with Crippen molar-refractivity contribution in [1.29, 1.82) is 0 Å². The number of piperazine rings is 1. The number of rotatable bonds is 10. The summed E-state index contributed by atoms with van der Waals surface area (Å²) >= 11 is 0. The number of hydrogen-bond donors (Lipinski definition) is 2. The maximum Gasteiger partial charge on any atom is 0.116 e. The molecule has 0 spiro atoms. The standard InChI is InChI=1S/C25H43N4O4/c30-24(19-27-8-14-32-15-9-27)18-26-6-12-29(13-7-26,21-23-4-2-1-3-5-23)22-25(31)20-28-10-16-33-17-11-28/h1-5,24-25,30-31H,6-22H2/q+1. The van der Waals surface area contributed by atoms with Crippen LogP contribution in [0.5, 0.6) is 0 Å². The zero-order valence-corrected chi connectivity index (χ0v) is 20.1. The second-order valence-corrected chi connectivity index (χ2v) is 10.0. The highest BCUT2D eigenvalue weighted by molar-refractivity contribution is 5.13. The van der Waals surface area contributed by atoms with Crippen LogP contribution in [-0.4, -0.2) is 147 Å². The van der Waals surface area contributed by atoms with Crippen LogP contribution in [0.15, 0.2) is 30.3 Å². The minimum atomic E-state index is -0.342. The van der Waals surface area contributed by atoms with Crippen LogP contribution in [0.2, 0.25) is 0 Å². The van der Waals surface area contributed by atoms with E-state index in [4.69, 9.17) is 9.47 Å². The molecule has 2 atom stereocenters. The summed E-state index contributed by atoms with van der Waals surface area (Å²) in [6.07, 6.45) is -0.672. The molecule has 0 amide bonds. The SMILES string of the molecule is OC(CN1CCOCC1)CN1CC[N+](Cc2ccccc2)(CC(O)CN2CCOCC2)CC1. The number of hydrogen-bond acceptors (Lipinski definition) is 7. The summed E-state index contributed by atoms with van der Waals surface area (Å²) in [5.41, 5.74) is 1.33. The molecule has 0 aromatic heterocycles. The number of aliphatic hydroxyl groups is 2. The molecule has 8 heteroatoms. The molecule has 8 nitrogen and oxygen atoms in total. The Labute approximate surface area is 198 Å². The van der Waals surface area contributed by atoms with Crippen LogP contribution < -0.4 is 0 Å². The van der Waals surface area contributed by atoms with E-state index in [1.807, 2.05) is 0 Å². The van der Waals surface area contributed by atoms with Gasteiger partial charge in [-0.15, -0.1) is 0 Å². The molecular weight excluding hydrogens is 420 g/mol. The second kappa shape index (κ2) is 12.6. The van der Waals surface area contributed by atoms with E-state index in [0.717, 1.165) is 116 Å². The molecule has 3 aliphatic heterocycles. The van der Waals surface area contributed by atoms with E-state index in [-0.39, 0.29) is 12.2 Å². The molecular formula is C25H43N4O4+. The van der Waals surface area contributed by atoms with Crippen molar-refractivity contribution < 1.29 is 24.2 Å². The molecule has 3 saturated heterocycles. The summed E-state index contributed by atoms with van der Waals surface area (Å²) in [7, 11) is 0. The van der Waals surface area contributed by atoms with Gasteiger partial charge in [0, 0.05) is 64.5 Å². The number of benzene rings is 1. The molecule has 0 bridgehead atoms. The van der Waals surface area contributed by atoms with E-state index in [9.17, 15) is 10.2 Å². The average molecular weight is 464 g/mol. The largest absolute Gasteiger partial charge is 0.390 e. The van der Waals surface area contributed by atoms with E-state index < -0.39 is 0 Å². The Bertz CT molecular complexity index is 674. The molecule has 2 unspecified atom stereocenters. The molecule has 3 fully saturated rings. The van der Waals surface area contributed by atoms with Crippen molar-refractivity contribution in [2.75, 3.05) is 105 Å². The van der Waals surface area contributed by atoms with Gasteiger partial charge in [0.15, 0.2) is 0 Å². The Morgan fingerprint density at radius 3 is 1.73 bits per heavy atom. The second-order valence-electron chi connectivity index (χ2n) is 10.0. The molecule has 0 radical (unpaired) electrons. The molecule has 1 aromatic rings. The zero-order valence-electron chi connectivity index (χ0n) is 20.1. The Morgan fingerprint density at radius 1 is 0.697 bits per heavy atom. The average Bonchev–Trinajstić information content (AvgIpc) is 2.82. The Morgan fingerprint density at radius 2 is 1.18 bits per heavy atom. The van der Waals surface area contributed by atoms with Crippen LogP contribution in [0.1, 0.15) is 5.56 Å². The van der Waals surface area contributed by atoms with Gasteiger partial charge in [0.1, 0.15) is 19.2 Å². The van der Waals surface area contributed by atoms with Crippen molar-refractivity contribution in [3.8, 4) is 0 Å². The summed E-state index contributed by atoms with van der Waals surface area (Å²) in [6, 6.07) is 10.7. The smallest absolute Gasteiger partial charge is 0.116 e. The van der Waals surface area contributed by atoms with Crippen molar-refractivity contribution in [3.63, 3.8) is 0 Å². The summed E-state index contributed by atoms with van der Waals surface area (Å²) < 4.78 is 11.8. The first-order chi connectivity index (χ1) is 16.1. The lowest BCUT2D eigenvalue weighted by atomic mass is 10.1. The summed E-state index contributed by atoms with van der Waals surface area (Å²) in [4.78, 5) is 7.03. The maximum absolute atomic E-state index is 11.0. The van der Waals surface area contributed by atoms with E-state index in [0.29, 0.717) is 0 Å². The molecule has 3 heterocycles. The Hall–Kier alpha value is -1.10. The van der Waals surface area contributed by atoms with Crippen molar-refractivity contribution in [3.05, 3.63) is 35.9 Å². The minimum absolute atomic E-state index is 0.330. The number of ether oxygens (including phenoxy) is 2. The van der Waals surface area contributed by atoms with Gasteiger partial charge in [0.05, 0.1) is 45.6 Å². The lowest BCUT2D eigenvalue weighted by Crippen LogP contribution is -2.63. The fourth-order valence-electron chi connectivity index (χ4n) is 5.51. The summed E-state index contributed by atoms with van der Waals surface area (Å²) in [6.45, 7) is 14.5. The van der Waals surface area contributed by atoms with E-state index in [1.165, 1.54) is 5.56 Å². The molecule has 3 aliphatic rings. The fourth-order valence-corrected chi connectivity index (χ4v) is 5.51. The Balaban J connectivity index is 1.31. The Kier molecular flexibility index (Phi) is 9.52. The van der Waals surface area contributed by atoms with Gasteiger partial charge in [-0.2, -0.15) is 0 Å². The van der Waals surface area contributed by atoms with Gasteiger partial charge in [0.25, 0.3) is 0 Å². The molecule has 186 valence electrons. The van der Waals surface area contributed by atoms with Crippen molar-refractivity contribution in [2.45, 2.75) is 18.8 Å². The minimum Gasteiger partial charge on any atom is -0.390 e. The number of nitrogens with zero attached hydrogens (tertiary/aromatic N) is 4. The normalized spacial score (nSPS) is 25.0. The first kappa shape index (κ1) is 25.0. The maximum atomic E-state index is 11.0. The summed E-state index contributed by atoms with van der Waals surface area (Å²) in [5, 5.41) is 21.7. The van der Waals surface area contributed by atoms with E-state index in [2.05, 4.69) is 45.0 Å². The molecule has 1 aromatic carbocycles. The molecule has 0 aliphatic carbocycles. The van der Waals surface area contributed by atoms with Gasteiger partial charge < -0.3 is 24.2 Å². The van der Waals surface area contributed by atoms with Gasteiger partial charge in [-0.25, -0.2) is 0 Å². The third-order valence-corrected chi connectivity index (χ3v) is 7.35. The van der Waals surface area contributed by atoms with Crippen LogP contribution >= 0.6 is 0 Å². The van der Waals surface area contributed by atoms with Crippen molar-refractivity contribution >= 4 is 0 Å². The first-order valence-corrected chi connectivity index (χ1v) is 12.7. The van der Waals surface area contributed by atoms with E-state index in [1.54, 1.807) is 0 Å². The highest BCUT2D eigenvalue weighted by Gasteiger charge is 2.36. The lowest BCUT2D eigenvalue weighted by molar-refractivity contribution is -0.947. The van der Waals surface area contributed by atoms with E-state index >= 15 is 0 Å². The third-order valence-electron chi connectivity index (χ3n) is 7.35. The zero-order chi connectivity index (χ0) is 22.9. The van der Waals surface area contributed by atoms with Crippen LogP contribution in [0.3, 0.4) is 0 Å². The number of aliphatic hydroxyl groups excluding tert-OH is 2. The highest BCUT2D eigenvalue weighted by Crippen LogP contribution is 2.20. The lowest BCUT2D eigenvalue weighted by Gasteiger charge is -2.46. The quantitative estimate of drug-likeness (QED) is 0.462. The van der Waals surface area contributed by atoms with Crippen LogP contribution in [0.25, 0.3) is 0 Å². The number of β-amino-alcohol motifs (C(OH)–C–C–N with tert-alkyl or cyclic N) is 2. The van der Waals surface area contributed by atoms with Crippen molar-refractivity contribution in [2.24, 2.45) is 0 Å². The number of morpholine rings is 2. The van der Waals surface area contributed by atoms with Crippen LogP contribution in [0, 0.1) is 0 Å². The number of quaternary nitrogens is 1. The topological polar surface area (TPSA) is 68.6 Å². The predicted molar refractivity (Wildman–Crippen MR) is 128 cm³/mol. The van der Waals surface area contributed by atoms with Gasteiger partial charge in [-0.05, 0) is 0 Å². The summed E-state index contributed by atoms with van der Waals surface area (Å²) in [5.74, 6) is 0. The fraction of sp³-hybridized carbons (Fsp3) is 0.760. The third kappa shape index (κ3) is 7.97. The van der Waals surface area contributed by atoms with Crippen molar-refractivity contribution in [1.82, 2.24) is 14.7 Å². The van der Waals surface area contributed by atoms with Crippen LogP contribution in [-0.2, 0) is 16.0 Å². The molecule has 33 heavy (non-hydrogen) atoms. The first-order valence-electron chi connectivity index (χ1n) is 12.7. The van der Waals surface area contributed by atoms with Gasteiger partial charge in [0.2, 0.25) is 0 Å². The molecule has 4 rings (SSSR count). The predicted octanol–water partition coefficient (Wildman–Crippen LogP) is -0.295. The van der Waals surface area contributed by atoms with Gasteiger partial charge in [-0.1, -0.05) is 30.3 Å². The molecule has 2 N–H and O–H groups in total. The van der Waals surface area contributed by atoms with Gasteiger partial charge in [-0.3, -0.25) is 14.7 Å². The highest BCUT2D eigenvalue weighted by atomic mass is 16.5. The molecule has 0 saturated carbocycles. The monoisotopic (exact) mass is 463 g/mol.